The van der Waals surface area contributed by atoms with Crippen LogP contribution in [-0.2, 0) is 14.3 Å². The second kappa shape index (κ2) is 10.2. The number of amides is 2. The van der Waals surface area contributed by atoms with Crippen LogP contribution in [0.5, 0.6) is 0 Å². The maximum atomic E-state index is 12.6. The van der Waals surface area contributed by atoms with Crippen molar-refractivity contribution in [2.75, 3.05) is 56.2 Å². The molecular formula is C26H35N7O3. The molecule has 2 amide bonds. The van der Waals surface area contributed by atoms with Gasteiger partial charge in [-0.3, -0.25) is 14.5 Å². The van der Waals surface area contributed by atoms with Gasteiger partial charge < -0.3 is 24.8 Å². The monoisotopic (exact) mass is 493 g/mol. The molecule has 0 bridgehead atoms. The zero-order chi connectivity index (χ0) is 25.2. The predicted octanol–water partition coefficient (Wildman–Crippen LogP) is 2.59. The van der Waals surface area contributed by atoms with Gasteiger partial charge in [-0.05, 0) is 32.0 Å². The zero-order valence-corrected chi connectivity index (χ0v) is 21.0. The molecule has 5 heterocycles. The molecule has 0 aromatic carbocycles. The maximum Gasteiger partial charge on any atom is 0.238 e. The number of ether oxygens (including phenoxy) is 1. The summed E-state index contributed by atoms with van der Waals surface area (Å²) in [6.07, 6.45) is 3.57. The van der Waals surface area contributed by atoms with Crippen LogP contribution in [0.25, 0.3) is 22.3 Å². The number of nitrogens with zero attached hydrogens (tertiary/aromatic N) is 5. The molecule has 3 aromatic rings. The van der Waals surface area contributed by atoms with Gasteiger partial charge in [-0.2, -0.15) is 0 Å². The number of morpholine rings is 1. The Kier molecular flexibility index (Phi) is 6.88. The van der Waals surface area contributed by atoms with E-state index in [0.29, 0.717) is 25.4 Å². The molecule has 10 nitrogen and oxygen atoms in total. The Morgan fingerprint density at radius 2 is 1.94 bits per heavy atom. The molecule has 36 heavy (non-hydrogen) atoms. The minimum absolute atomic E-state index is 0. The number of carbonyl (C=O) groups is 2. The van der Waals surface area contributed by atoms with Crippen molar-refractivity contribution < 1.29 is 15.8 Å². The van der Waals surface area contributed by atoms with Gasteiger partial charge in [0.1, 0.15) is 11.5 Å². The van der Waals surface area contributed by atoms with E-state index < -0.39 is 0 Å². The zero-order valence-electron chi connectivity index (χ0n) is 21.0. The smallest absolute Gasteiger partial charge is 0.238 e. The molecule has 0 saturated carbocycles. The summed E-state index contributed by atoms with van der Waals surface area (Å²) < 4.78 is 5.35. The Morgan fingerprint density at radius 1 is 1.19 bits per heavy atom. The quantitative estimate of drug-likeness (QED) is 0.563. The third kappa shape index (κ3) is 5.05. The predicted molar refractivity (Wildman–Crippen MR) is 141 cm³/mol. The van der Waals surface area contributed by atoms with Crippen LogP contribution in [0.1, 0.15) is 22.2 Å². The van der Waals surface area contributed by atoms with Crippen molar-refractivity contribution >= 4 is 34.4 Å². The SMILES string of the molecule is CC(=O)N1[C@H](C)CN(c2cccc(-c3c[nH]c4ncc(NC(=O)CN5CCOCC5)cc34)n2)C[C@@H]1C.[HH]. The number of nitrogens with one attached hydrogen (secondary N) is 2. The molecule has 0 unspecified atom stereocenters. The van der Waals surface area contributed by atoms with Crippen LogP contribution in [0.2, 0.25) is 0 Å². The van der Waals surface area contributed by atoms with E-state index in [2.05, 4.69) is 38.9 Å². The molecule has 0 spiro atoms. The van der Waals surface area contributed by atoms with Crippen molar-refractivity contribution in [2.24, 2.45) is 0 Å². The Hall–Kier alpha value is -3.50. The Bertz CT molecular complexity index is 1250. The summed E-state index contributed by atoms with van der Waals surface area (Å²) in [5.74, 6) is 0.922. The van der Waals surface area contributed by atoms with Crippen molar-refractivity contribution in [2.45, 2.75) is 32.9 Å². The van der Waals surface area contributed by atoms with E-state index in [-0.39, 0.29) is 25.3 Å². The first-order chi connectivity index (χ1) is 17.4. The molecule has 3 aromatic heterocycles. The molecule has 0 radical (unpaired) electrons. The van der Waals surface area contributed by atoms with Crippen LogP contribution in [-0.4, -0.2) is 94.6 Å². The number of aromatic nitrogens is 3. The Balaban J connectivity index is 0.00000320. The number of carbonyl (C=O) groups excluding carboxylic acids is 2. The van der Waals surface area contributed by atoms with E-state index in [0.717, 1.165) is 54.3 Å². The highest BCUT2D eigenvalue weighted by atomic mass is 16.5. The second-order valence-electron chi connectivity index (χ2n) is 9.67. The fraction of sp³-hybridized carbons (Fsp3) is 0.462. The fourth-order valence-electron chi connectivity index (χ4n) is 5.33. The van der Waals surface area contributed by atoms with E-state index >= 15 is 0 Å². The van der Waals surface area contributed by atoms with Crippen LogP contribution in [0, 0.1) is 0 Å². The summed E-state index contributed by atoms with van der Waals surface area (Å²) in [4.78, 5) is 43.6. The number of H-pyrrole nitrogens is 1. The van der Waals surface area contributed by atoms with Gasteiger partial charge in [0.05, 0.1) is 37.3 Å². The summed E-state index contributed by atoms with van der Waals surface area (Å²) in [5.41, 5.74) is 3.14. The molecule has 2 aliphatic rings. The van der Waals surface area contributed by atoms with E-state index in [1.54, 1.807) is 13.1 Å². The molecule has 10 heteroatoms. The van der Waals surface area contributed by atoms with Gasteiger partial charge in [-0.25, -0.2) is 9.97 Å². The first-order valence-corrected chi connectivity index (χ1v) is 12.5. The van der Waals surface area contributed by atoms with Gasteiger partial charge >= 0.3 is 0 Å². The fourth-order valence-corrected chi connectivity index (χ4v) is 5.33. The molecule has 192 valence electrons. The van der Waals surface area contributed by atoms with Gasteiger partial charge in [-0.15, -0.1) is 0 Å². The highest BCUT2D eigenvalue weighted by Crippen LogP contribution is 2.30. The average molecular weight is 494 g/mol. The lowest BCUT2D eigenvalue weighted by Gasteiger charge is -2.44. The molecule has 2 atom stereocenters. The highest BCUT2D eigenvalue weighted by molar-refractivity contribution is 5.98. The number of piperazine rings is 1. The van der Waals surface area contributed by atoms with Gasteiger partial charge in [0.2, 0.25) is 11.8 Å². The summed E-state index contributed by atoms with van der Waals surface area (Å²) >= 11 is 0. The number of anilines is 2. The molecule has 5 rings (SSSR count). The molecular weight excluding hydrogens is 458 g/mol. The summed E-state index contributed by atoms with van der Waals surface area (Å²) in [6, 6.07) is 8.15. The van der Waals surface area contributed by atoms with Crippen LogP contribution in [0.15, 0.2) is 36.7 Å². The lowest BCUT2D eigenvalue weighted by Crippen LogP contribution is -2.58. The largest absolute Gasteiger partial charge is 0.379 e. The minimum Gasteiger partial charge on any atom is -0.379 e. The third-order valence-corrected chi connectivity index (χ3v) is 6.90. The third-order valence-electron chi connectivity index (χ3n) is 6.90. The molecule has 0 aliphatic carbocycles. The minimum atomic E-state index is -0.0665. The summed E-state index contributed by atoms with van der Waals surface area (Å²) in [7, 11) is 0. The Labute approximate surface area is 212 Å². The van der Waals surface area contributed by atoms with Crippen LogP contribution < -0.4 is 10.2 Å². The number of hydrogen-bond donors (Lipinski definition) is 2. The number of fused-ring (bicyclic) bond motifs is 1. The van der Waals surface area contributed by atoms with Crippen molar-refractivity contribution in [3.05, 3.63) is 36.7 Å². The topological polar surface area (TPSA) is 107 Å². The van der Waals surface area contributed by atoms with Gasteiger partial charge in [-0.1, -0.05) is 6.07 Å². The van der Waals surface area contributed by atoms with Crippen molar-refractivity contribution in [3.63, 3.8) is 0 Å². The van der Waals surface area contributed by atoms with Crippen molar-refractivity contribution in [3.8, 4) is 11.3 Å². The van der Waals surface area contributed by atoms with E-state index in [4.69, 9.17) is 9.72 Å². The number of pyridine rings is 2. The van der Waals surface area contributed by atoms with Crippen LogP contribution in [0.4, 0.5) is 11.5 Å². The van der Waals surface area contributed by atoms with Crippen molar-refractivity contribution in [1.29, 1.82) is 0 Å². The summed E-state index contributed by atoms with van der Waals surface area (Å²) in [5, 5.41) is 3.87. The average Bonchev–Trinajstić information content (AvgIpc) is 3.27. The van der Waals surface area contributed by atoms with E-state index in [9.17, 15) is 9.59 Å². The molecule has 2 aliphatic heterocycles. The maximum absolute atomic E-state index is 12.6. The van der Waals surface area contributed by atoms with E-state index in [1.807, 2.05) is 35.4 Å². The molecule has 2 N–H and O–H groups in total. The number of hydrogen-bond acceptors (Lipinski definition) is 7. The van der Waals surface area contributed by atoms with Crippen LogP contribution >= 0.6 is 0 Å². The van der Waals surface area contributed by atoms with Crippen molar-refractivity contribution in [1.82, 2.24) is 24.8 Å². The second-order valence-corrected chi connectivity index (χ2v) is 9.67. The van der Waals surface area contributed by atoms with Gasteiger partial charge in [0.15, 0.2) is 0 Å². The number of rotatable bonds is 5. The van der Waals surface area contributed by atoms with Crippen LogP contribution in [0.3, 0.4) is 0 Å². The standard InChI is InChI=1S/C26H33N7O3.H2/c1-17-14-32(15-18(2)33(17)19(3)34)24-6-4-5-23(30-24)22-13-28-26-21(22)11-20(12-27-26)29-25(35)16-31-7-9-36-10-8-31;/h4-6,11-13,17-18H,7-10,14-16H2,1-3H3,(H,27,28)(H,29,35);1H/t17-,18+;. The van der Waals surface area contributed by atoms with E-state index in [1.165, 1.54) is 0 Å². The number of aromatic amines is 1. The van der Waals surface area contributed by atoms with Gasteiger partial charge in [0.25, 0.3) is 0 Å². The highest BCUT2D eigenvalue weighted by Gasteiger charge is 2.31. The summed E-state index contributed by atoms with van der Waals surface area (Å²) in [6.45, 7) is 10.4. The first-order valence-electron chi connectivity index (χ1n) is 12.5. The lowest BCUT2D eigenvalue weighted by molar-refractivity contribution is -0.133. The molecule has 2 saturated heterocycles. The van der Waals surface area contributed by atoms with Gasteiger partial charge in [0, 0.05) is 63.8 Å². The normalized spacial score (nSPS) is 21.1. The lowest BCUT2D eigenvalue weighted by atomic mass is 10.1. The first kappa shape index (κ1) is 24.2. The Morgan fingerprint density at radius 3 is 2.67 bits per heavy atom. The molecule has 2 fully saturated rings.